The van der Waals surface area contributed by atoms with Crippen LogP contribution in [0.3, 0.4) is 0 Å². The fourth-order valence-corrected chi connectivity index (χ4v) is 2.85. The molecule has 1 N–H and O–H groups in total. The summed E-state index contributed by atoms with van der Waals surface area (Å²) in [4.78, 5) is 14.4. The molecule has 2 heterocycles. The summed E-state index contributed by atoms with van der Waals surface area (Å²) in [6.07, 6.45) is 1.77. The summed E-state index contributed by atoms with van der Waals surface area (Å²) in [6.45, 7) is 14.3. The second-order valence-corrected chi connectivity index (χ2v) is 8.25. The molecule has 130 valence electrons. The van der Waals surface area contributed by atoms with Crippen molar-refractivity contribution in [3.05, 3.63) is 17.5 Å². The lowest BCUT2D eigenvalue weighted by atomic mass is 9.87. The summed E-state index contributed by atoms with van der Waals surface area (Å²) in [5, 5.41) is 8.02. The van der Waals surface area contributed by atoms with Gasteiger partial charge in [-0.05, 0) is 20.8 Å². The molecule has 0 spiro atoms. The Hall–Kier alpha value is -1.56. The normalized spacial score (nSPS) is 19.8. The van der Waals surface area contributed by atoms with Crippen LogP contribution in [0.25, 0.3) is 0 Å². The lowest BCUT2D eigenvalue weighted by molar-refractivity contribution is 0.0116. The van der Waals surface area contributed by atoms with E-state index in [4.69, 9.17) is 4.74 Å². The first-order valence-corrected chi connectivity index (χ1v) is 8.23. The molecule has 23 heavy (non-hydrogen) atoms. The molecule has 6 heteroatoms. The highest BCUT2D eigenvalue weighted by Crippen LogP contribution is 2.32. The molecular formula is C17H30N4O2. The van der Waals surface area contributed by atoms with Crippen LogP contribution in [0.15, 0.2) is 6.20 Å². The molecule has 1 saturated heterocycles. The minimum Gasteiger partial charge on any atom is -0.444 e. The topological polar surface area (TPSA) is 59.4 Å². The summed E-state index contributed by atoms with van der Waals surface area (Å²) in [7, 11) is 1.92. The minimum atomic E-state index is -0.492. The van der Waals surface area contributed by atoms with E-state index in [2.05, 4.69) is 31.2 Å². The number of carbonyl (C=O) groups excluding carboxylic acids is 1. The van der Waals surface area contributed by atoms with Crippen molar-refractivity contribution >= 4 is 6.09 Å². The summed E-state index contributed by atoms with van der Waals surface area (Å²) in [5.74, 6) is 0. The number of hydrogen-bond acceptors (Lipinski definition) is 4. The van der Waals surface area contributed by atoms with Crippen molar-refractivity contribution in [2.75, 3.05) is 19.6 Å². The van der Waals surface area contributed by atoms with E-state index in [0.717, 1.165) is 17.8 Å². The van der Waals surface area contributed by atoms with Gasteiger partial charge in [-0.15, -0.1) is 0 Å². The highest BCUT2D eigenvalue weighted by atomic mass is 16.6. The van der Waals surface area contributed by atoms with Crippen LogP contribution in [-0.4, -0.2) is 46.0 Å². The van der Waals surface area contributed by atoms with Crippen LogP contribution in [0.5, 0.6) is 0 Å². The van der Waals surface area contributed by atoms with Gasteiger partial charge in [0.2, 0.25) is 0 Å². The van der Waals surface area contributed by atoms with E-state index in [-0.39, 0.29) is 17.6 Å². The molecule has 0 bridgehead atoms. The van der Waals surface area contributed by atoms with Crippen molar-refractivity contribution in [3.63, 3.8) is 0 Å². The number of nitrogens with one attached hydrogen (secondary N) is 1. The molecule has 0 aliphatic carbocycles. The number of ether oxygens (including phenoxy) is 1. The van der Waals surface area contributed by atoms with Gasteiger partial charge < -0.3 is 10.1 Å². The van der Waals surface area contributed by atoms with Crippen LogP contribution in [0.1, 0.15) is 58.8 Å². The summed E-state index contributed by atoms with van der Waals surface area (Å²) < 4.78 is 7.42. The first-order valence-electron chi connectivity index (χ1n) is 8.23. The summed E-state index contributed by atoms with van der Waals surface area (Å²) >= 11 is 0. The molecule has 2 rings (SSSR count). The molecule has 1 fully saturated rings. The average Bonchev–Trinajstić information content (AvgIpc) is 2.79. The molecule has 1 unspecified atom stereocenters. The van der Waals surface area contributed by atoms with Crippen LogP contribution >= 0.6 is 0 Å². The second-order valence-electron chi connectivity index (χ2n) is 8.25. The zero-order valence-corrected chi connectivity index (χ0v) is 15.4. The Morgan fingerprint density at radius 2 is 1.96 bits per heavy atom. The highest BCUT2D eigenvalue weighted by molar-refractivity contribution is 5.69. The Bertz CT molecular complexity index is 566. The molecule has 0 aromatic carbocycles. The zero-order chi connectivity index (χ0) is 17.4. The highest BCUT2D eigenvalue weighted by Gasteiger charge is 2.35. The fourth-order valence-electron chi connectivity index (χ4n) is 2.85. The van der Waals surface area contributed by atoms with E-state index in [9.17, 15) is 4.79 Å². The van der Waals surface area contributed by atoms with E-state index in [1.807, 2.05) is 43.6 Å². The van der Waals surface area contributed by atoms with Gasteiger partial charge in [0.05, 0.1) is 11.7 Å². The lowest BCUT2D eigenvalue weighted by Crippen LogP contribution is -2.50. The number of hydrogen-bond donors (Lipinski definition) is 1. The van der Waals surface area contributed by atoms with Crippen molar-refractivity contribution in [3.8, 4) is 0 Å². The predicted molar refractivity (Wildman–Crippen MR) is 90.5 cm³/mol. The predicted octanol–water partition coefficient (Wildman–Crippen LogP) is 2.60. The largest absolute Gasteiger partial charge is 0.444 e. The SMILES string of the molecule is Cn1cc(C2CNCCN2C(=O)OC(C)(C)C)c(C(C)(C)C)n1. The maximum atomic E-state index is 12.6. The zero-order valence-electron chi connectivity index (χ0n) is 15.4. The monoisotopic (exact) mass is 322 g/mol. The van der Waals surface area contributed by atoms with Gasteiger partial charge in [-0.2, -0.15) is 5.10 Å². The number of piperazine rings is 1. The van der Waals surface area contributed by atoms with Gasteiger partial charge in [-0.3, -0.25) is 9.58 Å². The van der Waals surface area contributed by atoms with Gasteiger partial charge in [-0.25, -0.2) is 4.79 Å². The minimum absolute atomic E-state index is 0.0541. The summed E-state index contributed by atoms with van der Waals surface area (Å²) in [6, 6.07) is -0.0541. The maximum absolute atomic E-state index is 12.6. The Kier molecular flexibility index (Phi) is 4.76. The number of nitrogens with zero attached hydrogens (tertiary/aromatic N) is 3. The van der Waals surface area contributed by atoms with Crippen molar-refractivity contribution < 1.29 is 9.53 Å². The van der Waals surface area contributed by atoms with Gasteiger partial charge >= 0.3 is 6.09 Å². The van der Waals surface area contributed by atoms with Crippen LogP contribution in [0, 0.1) is 0 Å². The number of aromatic nitrogens is 2. The Morgan fingerprint density at radius 3 is 2.52 bits per heavy atom. The second kappa shape index (κ2) is 6.15. The van der Waals surface area contributed by atoms with Crippen molar-refractivity contribution in [1.29, 1.82) is 0 Å². The van der Waals surface area contributed by atoms with E-state index < -0.39 is 5.60 Å². The Morgan fingerprint density at radius 1 is 1.30 bits per heavy atom. The molecule has 0 radical (unpaired) electrons. The van der Waals surface area contributed by atoms with Crippen LogP contribution < -0.4 is 5.32 Å². The van der Waals surface area contributed by atoms with E-state index >= 15 is 0 Å². The molecule has 1 aromatic rings. The Labute approximate surface area is 139 Å². The third-order valence-electron chi connectivity index (χ3n) is 3.80. The molecule has 0 saturated carbocycles. The Balaban J connectivity index is 2.34. The molecule has 1 aromatic heterocycles. The molecule has 1 aliphatic rings. The van der Waals surface area contributed by atoms with Crippen molar-refractivity contribution in [1.82, 2.24) is 20.0 Å². The van der Waals surface area contributed by atoms with E-state index in [1.165, 1.54) is 0 Å². The van der Waals surface area contributed by atoms with Gasteiger partial charge in [0.1, 0.15) is 5.60 Å². The first-order chi connectivity index (χ1) is 10.5. The molecular weight excluding hydrogens is 292 g/mol. The van der Waals surface area contributed by atoms with E-state index in [0.29, 0.717) is 13.1 Å². The molecule has 1 aliphatic heterocycles. The molecule has 1 atom stereocenters. The fraction of sp³-hybridized carbons (Fsp3) is 0.765. The van der Waals surface area contributed by atoms with Crippen LogP contribution in [0.2, 0.25) is 0 Å². The first kappa shape index (κ1) is 17.8. The van der Waals surface area contributed by atoms with Crippen molar-refractivity contribution in [2.24, 2.45) is 7.05 Å². The van der Waals surface area contributed by atoms with Crippen molar-refractivity contribution in [2.45, 2.75) is 58.6 Å². The number of aryl methyl sites for hydroxylation is 1. The lowest BCUT2D eigenvalue weighted by Gasteiger charge is -2.37. The third kappa shape index (κ3) is 4.25. The maximum Gasteiger partial charge on any atom is 0.410 e. The van der Waals surface area contributed by atoms with Gasteiger partial charge in [-0.1, -0.05) is 20.8 Å². The third-order valence-corrected chi connectivity index (χ3v) is 3.80. The number of carbonyl (C=O) groups is 1. The average molecular weight is 322 g/mol. The quantitative estimate of drug-likeness (QED) is 0.863. The molecule has 6 nitrogen and oxygen atoms in total. The van der Waals surface area contributed by atoms with Gasteiger partial charge in [0.25, 0.3) is 0 Å². The number of rotatable bonds is 1. The van der Waals surface area contributed by atoms with E-state index in [1.54, 1.807) is 0 Å². The van der Waals surface area contributed by atoms with Gasteiger partial charge in [0, 0.05) is 43.9 Å². The smallest absolute Gasteiger partial charge is 0.410 e. The van der Waals surface area contributed by atoms with Crippen LogP contribution in [-0.2, 0) is 17.2 Å². The van der Waals surface area contributed by atoms with Gasteiger partial charge in [0.15, 0.2) is 0 Å². The summed E-state index contributed by atoms with van der Waals surface area (Å²) in [5.41, 5.74) is 1.56. The number of amides is 1. The van der Waals surface area contributed by atoms with Crippen LogP contribution in [0.4, 0.5) is 4.79 Å². The standard InChI is InChI=1S/C17H30N4O2/c1-16(2,3)14-12(11-20(7)19-14)13-10-18-8-9-21(13)15(22)23-17(4,5)6/h11,13,18H,8-10H2,1-7H3. The molecule has 1 amide bonds.